The summed E-state index contributed by atoms with van der Waals surface area (Å²) in [6.07, 6.45) is -10.2. The molecule has 0 aliphatic carbocycles. The number of anilines is 3. The van der Waals surface area contributed by atoms with Gasteiger partial charge in [0.05, 0.1) is 11.9 Å². The van der Waals surface area contributed by atoms with Gasteiger partial charge in [0, 0.05) is 43.0 Å². The number of nitrogens with one attached hydrogen (secondary N) is 1. The van der Waals surface area contributed by atoms with Crippen molar-refractivity contribution in [2.75, 3.05) is 41.7 Å². The SMILES string of the molecule is Cc1ccc(C)c(N2CCN(c3nc(-c4cc(C(O)(C(=O)NOC(=O)C(F)(F)F)C(F)(F)F)ccc4C)cnc3N)CC2)c1. The number of rotatable bonds is 5. The fourth-order valence-corrected chi connectivity index (χ4v) is 4.74. The molecule has 1 amide bonds. The molecule has 4 N–H and O–H groups in total. The van der Waals surface area contributed by atoms with E-state index >= 15 is 0 Å². The molecule has 1 aromatic heterocycles. The zero-order chi connectivity index (χ0) is 32.6. The van der Waals surface area contributed by atoms with Gasteiger partial charge in [0.2, 0.25) is 0 Å². The lowest BCUT2D eigenvalue weighted by Gasteiger charge is -2.37. The molecule has 0 saturated carbocycles. The van der Waals surface area contributed by atoms with Gasteiger partial charge in [0.25, 0.3) is 11.5 Å². The summed E-state index contributed by atoms with van der Waals surface area (Å²) in [6.45, 7) is 7.79. The lowest BCUT2D eigenvalue weighted by molar-refractivity contribution is -0.262. The van der Waals surface area contributed by atoms with Crippen molar-refractivity contribution in [1.82, 2.24) is 15.4 Å². The van der Waals surface area contributed by atoms with Crippen LogP contribution in [0.5, 0.6) is 0 Å². The van der Waals surface area contributed by atoms with Gasteiger partial charge in [-0.25, -0.2) is 14.8 Å². The number of carbonyl (C=O) groups is 2. The molecule has 2 heterocycles. The number of hydrogen-bond acceptors (Lipinski definition) is 9. The third kappa shape index (κ3) is 6.34. The molecule has 4 rings (SSSR count). The zero-order valence-electron chi connectivity index (χ0n) is 23.7. The first-order chi connectivity index (χ1) is 20.4. The average molecular weight is 627 g/mol. The van der Waals surface area contributed by atoms with Crippen LogP contribution in [0.25, 0.3) is 11.3 Å². The summed E-state index contributed by atoms with van der Waals surface area (Å²) in [6, 6.07) is 8.87. The highest BCUT2D eigenvalue weighted by molar-refractivity contribution is 5.88. The predicted octanol–water partition coefficient (Wildman–Crippen LogP) is 3.86. The van der Waals surface area contributed by atoms with Crippen molar-refractivity contribution >= 4 is 29.2 Å². The number of nitrogens with zero attached hydrogens (tertiary/aromatic N) is 4. The minimum atomic E-state index is -5.75. The third-order valence-corrected chi connectivity index (χ3v) is 7.20. The Morgan fingerprint density at radius 3 is 2.16 bits per heavy atom. The van der Waals surface area contributed by atoms with Gasteiger partial charge in [-0.15, -0.1) is 0 Å². The number of aryl methyl sites for hydroxylation is 3. The fraction of sp³-hybridized carbons (Fsp3) is 0.357. The van der Waals surface area contributed by atoms with Gasteiger partial charge in [-0.1, -0.05) is 24.3 Å². The van der Waals surface area contributed by atoms with Crippen LogP contribution < -0.4 is 21.0 Å². The molecule has 10 nitrogen and oxygen atoms in total. The van der Waals surface area contributed by atoms with Gasteiger partial charge in [0.1, 0.15) is 0 Å². The van der Waals surface area contributed by atoms with Crippen LogP contribution in [0.1, 0.15) is 22.3 Å². The van der Waals surface area contributed by atoms with Crippen LogP contribution in [-0.4, -0.2) is 65.5 Å². The number of nitrogen functional groups attached to an aromatic ring is 1. The summed E-state index contributed by atoms with van der Waals surface area (Å²) in [4.78, 5) is 39.5. The fourth-order valence-electron chi connectivity index (χ4n) is 4.74. The highest BCUT2D eigenvalue weighted by Crippen LogP contribution is 2.41. The molecule has 1 saturated heterocycles. The number of aliphatic hydroxyl groups is 1. The number of hydroxylamine groups is 1. The summed E-state index contributed by atoms with van der Waals surface area (Å²) < 4.78 is 79.5. The van der Waals surface area contributed by atoms with E-state index in [4.69, 9.17) is 5.73 Å². The zero-order valence-corrected chi connectivity index (χ0v) is 23.7. The molecular weight excluding hydrogens is 598 g/mol. The molecule has 1 unspecified atom stereocenters. The van der Waals surface area contributed by atoms with E-state index in [1.165, 1.54) is 13.1 Å². The van der Waals surface area contributed by atoms with E-state index in [1.807, 2.05) is 30.9 Å². The Labute approximate surface area is 247 Å². The van der Waals surface area contributed by atoms with Crippen LogP contribution in [-0.2, 0) is 20.0 Å². The summed E-state index contributed by atoms with van der Waals surface area (Å²) in [5, 5.41) is 10.5. The molecule has 1 aliphatic rings. The molecule has 1 aliphatic heterocycles. The molecule has 1 atom stereocenters. The van der Waals surface area contributed by atoms with Crippen molar-refractivity contribution in [2.24, 2.45) is 0 Å². The van der Waals surface area contributed by atoms with Crippen LogP contribution in [0.15, 0.2) is 42.6 Å². The van der Waals surface area contributed by atoms with Crippen LogP contribution in [0.2, 0.25) is 0 Å². The molecule has 0 bridgehead atoms. The molecule has 16 heteroatoms. The van der Waals surface area contributed by atoms with E-state index in [9.17, 15) is 41.0 Å². The highest BCUT2D eigenvalue weighted by Gasteiger charge is 2.61. The van der Waals surface area contributed by atoms with Crippen LogP contribution in [0.4, 0.5) is 43.7 Å². The Morgan fingerprint density at radius 1 is 0.932 bits per heavy atom. The molecule has 236 valence electrons. The number of alkyl halides is 6. The maximum absolute atomic E-state index is 14.1. The van der Waals surface area contributed by atoms with Crippen molar-refractivity contribution in [1.29, 1.82) is 0 Å². The first-order valence-electron chi connectivity index (χ1n) is 13.1. The maximum Gasteiger partial charge on any atom is 0.493 e. The quantitative estimate of drug-likeness (QED) is 0.285. The molecule has 3 aromatic rings. The monoisotopic (exact) mass is 626 g/mol. The summed E-state index contributed by atoms with van der Waals surface area (Å²) in [5.74, 6) is -5.11. The molecule has 0 radical (unpaired) electrons. The van der Waals surface area contributed by atoms with Gasteiger partial charge >= 0.3 is 18.3 Å². The minimum absolute atomic E-state index is 0.0213. The Balaban J connectivity index is 1.63. The second-order valence-electron chi connectivity index (χ2n) is 10.3. The van der Waals surface area contributed by atoms with Crippen molar-refractivity contribution in [2.45, 2.75) is 38.7 Å². The van der Waals surface area contributed by atoms with Crippen LogP contribution in [0.3, 0.4) is 0 Å². The Hall–Kier alpha value is -4.60. The summed E-state index contributed by atoms with van der Waals surface area (Å²) >= 11 is 0. The number of nitrogens with two attached hydrogens (primary N) is 1. The lowest BCUT2D eigenvalue weighted by Crippen LogP contribution is -2.55. The first-order valence-corrected chi connectivity index (χ1v) is 13.1. The van der Waals surface area contributed by atoms with Crippen LogP contribution >= 0.6 is 0 Å². The number of piperazine rings is 1. The topological polar surface area (TPSA) is 134 Å². The van der Waals surface area contributed by atoms with E-state index in [0.717, 1.165) is 40.5 Å². The third-order valence-electron chi connectivity index (χ3n) is 7.20. The second-order valence-corrected chi connectivity index (χ2v) is 10.3. The predicted molar refractivity (Wildman–Crippen MR) is 147 cm³/mol. The number of amides is 1. The molecule has 0 spiro atoms. The van der Waals surface area contributed by atoms with Crippen molar-refractivity contribution in [3.8, 4) is 11.3 Å². The smallest absolute Gasteiger partial charge is 0.381 e. The van der Waals surface area contributed by atoms with E-state index in [0.29, 0.717) is 31.7 Å². The van der Waals surface area contributed by atoms with Gasteiger partial charge in [0.15, 0.2) is 11.6 Å². The van der Waals surface area contributed by atoms with E-state index in [2.05, 4.69) is 25.8 Å². The van der Waals surface area contributed by atoms with E-state index < -0.39 is 35.4 Å². The Morgan fingerprint density at radius 2 is 1.55 bits per heavy atom. The first kappa shape index (κ1) is 32.3. The Kier molecular flexibility index (Phi) is 8.68. The normalized spacial score (nSPS) is 15.5. The average Bonchev–Trinajstić information content (AvgIpc) is 2.96. The highest BCUT2D eigenvalue weighted by atomic mass is 19.4. The molecule has 44 heavy (non-hydrogen) atoms. The van der Waals surface area contributed by atoms with Crippen molar-refractivity contribution in [3.63, 3.8) is 0 Å². The summed E-state index contributed by atoms with van der Waals surface area (Å²) in [7, 11) is 0. The Bertz CT molecular complexity index is 1570. The molecule has 2 aromatic carbocycles. The van der Waals surface area contributed by atoms with E-state index in [-0.39, 0.29) is 22.9 Å². The summed E-state index contributed by atoms with van der Waals surface area (Å²) in [5.41, 5.74) is 5.17. The number of carbonyl (C=O) groups excluding carboxylic acids is 2. The van der Waals surface area contributed by atoms with Gasteiger partial charge in [-0.2, -0.15) is 31.8 Å². The molecule has 1 fully saturated rings. The van der Waals surface area contributed by atoms with Crippen LogP contribution in [0, 0.1) is 20.8 Å². The standard InChI is InChI=1S/C28H28F6N6O4/c1-15-4-5-17(3)21(12-15)39-8-10-40(11-9-39)23-22(35)36-14-20(37-23)19-13-18(7-6-16(19)2)26(43,28(32,33)34)24(41)38-44-25(42)27(29,30)31/h4-7,12-14,43H,8-11H2,1-3H3,(H2,35,36)(H,38,41). The van der Waals surface area contributed by atoms with Gasteiger partial charge in [-0.3, -0.25) is 4.79 Å². The minimum Gasteiger partial charge on any atom is -0.381 e. The van der Waals surface area contributed by atoms with Gasteiger partial charge in [-0.05, 0) is 49.6 Å². The second kappa shape index (κ2) is 11.8. The lowest BCUT2D eigenvalue weighted by atomic mass is 9.89. The number of benzene rings is 2. The van der Waals surface area contributed by atoms with Gasteiger partial charge < -0.3 is 25.5 Å². The van der Waals surface area contributed by atoms with E-state index in [1.54, 1.807) is 0 Å². The van der Waals surface area contributed by atoms with Crippen molar-refractivity contribution in [3.05, 3.63) is 64.8 Å². The number of aromatic nitrogens is 2. The largest absolute Gasteiger partial charge is 0.493 e. The molecular formula is C28H28F6N6O4. The van der Waals surface area contributed by atoms with Crippen molar-refractivity contribution < 1.29 is 45.9 Å². The number of halogens is 6. The number of hydrogen-bond donors (Lipinski definition) is 3. The maximum atomic E-state index is 14.1.